The Bertz CT molecular complexity index is 533. The first-order chi connectivity index (χ1) is 9.20. The molecule has 0 bridgehead atoms. The molecule has 0 amide bonds. The van der Waals surface area contributed by atoms with Crippen molar-refractivity contribution in [3.63, 3.8) is 0 Å². The molecule has 0 aromatic heterocycles. The van der Waals surface area contributed by atoms with E-state index in [0.717, 1.165) is 0 Å². The van der Waals surface area contributed by atoms with Crippen molar-refractivity contribution in [2.75, 3.05) is 12.4 Å². The fourth-order valence-electron chi connectivity index (χ4n) is 1.76. The third-order valence-corrected chi connectivity index (χ3v) is 3.89. The molecule has 2 aromatic rings. The molecule has 2 aromatic carbocycles. The van der Waals surface area contributed by atoms with E-state index in [2.05, 4.69) is 40.7 Å². The maximum Gasteiger partial charge on any atom is 0.133 e. The molecule has 1 unspecified atom stereocenters. The fraction of sp³-hybridized carbons (Fsp3) is 0.200. The van der Waals surface area contributed by atoms with Gasteiger partial charge in [0, 0.05) is 11.7 Å². The highest BCUT2D eigenvalue weighted by Gasteiger charge is 2.11. The van der Waals surface area contributed by atoms with E-state index in [1.54, 1.807) is 6.07 Å². The van der Waals surface area contributed by atoms with Crippen LogP contribution in [0.4, 0.5) is 4.39 Å². The highest BCUT2D eigenvalue weighted by atomic mass is 79.9. The van der Waals surface area contributed by atoms with E-state index in [1.165, 1.54) is 17.7 Å². The minimum atomic E-state index is -0.284. The van der Waals surface area contributed by atoms with E-state index in [4.69, 9.17) is 4.74 Å². The standard InChI is InChI=1S/C15H14BrFOS/c16-14-8-13(17)6-7-15(14)18-9-12(10-19)11-4-2-1-3-5-11/h1-8,12,19H,9-10H2. The Hall–Kier alpha value is -1.00. The topological polar surface area (TPSA) is 9.23 Å². The Labute approximate surface area is 126 Å². The van der Waals surface area contributed by atoms with Crippen molar-refractivity contribution in [2.45, 2.75) is 5.92 Å². The van der Waals surface area contributed by atoms with Crippen molar-refractivity contribution >= 4 is 28.6 Å². The molecule has 0 aliphatic rings. The largest absolute Gasteiger partial charge is 0.492 e. The quantitative estimate of drug-likeness (QED) is 0.777. The van der Waals surface area contributed by atoms with Crippen LogP contribution in [-0.4, -0.2) is 12.4 Å². The SMILES string of the molecule is Fc1ccc(OCC(CS)c2ccccc2)c(Br)c1. The summed E-state index contributed by atoms with van der Waals surface area (Å²) in [6.07, 6.45) is 0. The van der Waals surface area contributed by atoms with Gasteiger partial charge in [0.25, 0.3) is 0 Å². The summed E-state index contributed by atoms with van der Waals surface area (Å²) in [5.74, 6) is 1.27. The lowest BCUT2D eigenvalue weighted by molar-refractivity contribution is 0.295. The predicted molar refractivity (Wildman–Crippen MR) is 82.6 cm³/mol. The molecule has 0 radical (unpaired) electrons. The smallest absolute Gasteiger partial charge is 0.133 e. The zero-order chi connectivity index (χ0) is 13.7. The molecule has 0 aliphatic carbocycles. The van der Waals surface area contributed by atoms with Gasteiger partial charge < -0.3 is 4.74 Å². The van der Waals surface area contributed by atoms with Gasteiger partial charge in [-0.1, -0.05) is 30.3 Å². The van der Waals surface area contributed by atoms with Gasteiger partial charge in [-0.15, -0.1) is 0 Å². The number of thiol groups is 1. The lowest BCUT2D eigenvalue weighted by Crippen LogP contribution is -2.12. The molecule has 4 heteroatoms. The van der Waals surface area contributed by atoms with E-state index < -0.39 is 0 Å². The van der Waals surface area contributed by atoms with Crippen LogP contribution in [0.5, 0.6) is 5.75 Å². The van der Waals surface area contributed by atoms with Crippen LogP contribution in [-0.2, 0) is 0 Å². The molecule has 1 nitrogen and oxygen atoms in total. The van der Waals surface area contributed by atoms with Gasteiger partial charge in [-0.2, -0.15) is 12.6 Å². The average Bonchev–Trinajstić information content (AvgIpc) is 2.43. The van der Waals surface area contributed by atoms with Crippen LogP contribution in [0.3, 0.4) is 0 Å². The van der Waals surface area contributed by atoms with Crippen LogP contribution < -0.4 is 4.74 Å². The Kier molecular flexibility index (Phi) is 5.28. The molecule has 0 heterocycles. The van der Waals surface area contributed by atoms with Gasteiger partial charge in [0.2, 0.25) is 0 Å². The summed E-state index contributed by atoms with van der Waals surface area (Å²) in [5, 5.41) is 0. The van der Waals surface area contributed by atoms with Crippen LogP contribution in [0.2, 0.25) is 0 Å². The molecular formula is C15H14BrFOS. The number of hydrogen-bond acceptors (Lipinski definition) is 2. The van der Waals surface area contributed by atoms with E-state index in [1.807, 2.05) is 18.2 Å². The third-order valence-electron chi connectivity index (χ3n) is 2.83. The monoisotopic (exact) mass is 340 g/mol. The van der Waals surface area contributed by atoms with Crippen LogP contribution in [0, 0.1) is 5.82 Å². The number of benzene rings is 2. The predicted octanol–water partition coefficient (Wildman–Crippen LogP) is 4.68. The summed E-state index contributed by atoms with van der Waals surface area (Å²) in [7, 11) is 0. The number of halogens is 2. The number of ether oxygens (including phenoxy) is 1. The summed E-state index contributed by atoms with van der Waals surface area (Å²) in [5.41, 5.74) is 1.19. The molecular weight excluding hydrogens is 327 g/mol. The molecule has 0 spiro atoms. The molecule has 0 saturated carbocycles. The first-order valence-electron chi connectivity index (χ1n) is 5.94. The van der Waals surface area contributed by atoms with E-state index in [-0.39, 0.29) is 11.7 Å². The minimum Gasteiger partial charge on any atom is -0.492 e. The minimum absolute atomic E-state index is 0.210. The molecule has 1 atom stereocenters. The zero-order valence-corrected chi connectivity index (χ0v) is 12.7. The van der Waals surface area contributed by atoms with Gasteiger partial charge >= 0.3 is 0 Å². The van der Waals surface area contributed by atoms with Crippen molar-refractivity contribution in [3.05, 3.63) is 64.4 Å². The Morgan fingerprint density at radius 2 is 1.89 bits per heavy atom. The maximum atomic E-state index is 13.0. The highest BCUT2D eigenvalue weighted by Crippen LogP contribution is 2.27. The summed E-state index contributed by atoms with van der Waals surface area (Å²) >= 11 is 7.66. The van der Waals surface area contributed by atoms with Gasteiger partial charge in [-0.3, -0.25) is 0 Å². The van der Waals surface area contributed by atoms with Crippen molar-refractivity contribution in [2.24, 2.45) is 0 Å². The fourth-order valence-corrected chi connectivity index (χ4v) is 2.54. The average molecular weight is 341 g/mol. The number of rotatable bonds is 5. The first kappa shape index (κ1) is 14.4. The second-order valence-electron chi connectivity index (χ2n) is 4.18. The third kappa shape index (κ3) is 3.98. The summed E-state index contributed by atoms with van der Waals surface area (Å²) in [6.45, 7) is 0.512. The Morgan fingerprint density at radius 3 is 2.53 bits per heavy atom. The van der Waals surface area contributed by atoms with Crippen molar-refractivity contribution < 1.29 is 9.13 Å². The molecule has 0 fully saturated rings. The molecule has 0 aliphatic heterocycles. The van der Waals surface area contributed by atoms with Crippen LogP contribution in [0.15, 0.2) is 53.0 Å². The lowest BCUT2D eigenvalue weighted by Gasteiger charge is -2.16. The van der Waals surface area contributed by atoms with Crippen LogP contribution >= 0.6 is 28.6 Å². The molecule has 0 N–H and O–H groups in total. The summed E-state index contributed by atoms with van der Waals surface area (Å²) in [4.78, 5) is 0. The molecule has 19 heavy (non-hydrogen) atoms. The molecule has 0 saturated heterocycles. The second-order valence-corrected chi connectivity index (χ2v) is 5.40. The van der Waals surface area contributed by atoms with Gasteiger partial charge in [0.05, 0.1) is 11.1 Å². The first-order valence-corrected chi connectivity index (χ1v) is 7.37. The Morgan fingerprint density at radius 1 is 1.16 bits per heavy atom. The van der Waals surface area contributed by atoms with Crippen LogP contribution in [0.1, 0.15) is 11.5 Å². The van der Waals surface area contributed by atoms with Gasteiger partial charge in [0.15, 0.2) is 0 Å². The van der Waals surface area contributed by atoms with Gasteiger partial charge in [-0.25, -0.2) is 4.39 Å². The summed E-state index contributed by atoms with van der Waals surface area (Å²) in [6, 6.07) is 14.5. The van der Waals surface area contributed by atoms with Crippen LogP contribution in [0.25, 0.3) is 0 Å². The number of hydrogen-bond donors (Lipinski definition) is 1. The lowest BCUT2D eigenvalue weighted by atomic mass is 10.0. The van der Waals surface area contributed by atoms with Crippen molar-refractivity contribution in [3.8, 4) is 5.75 Å². The van der Waals surface area contributed by atoms with E-state index >= 15 is 0 Å². The van der Waals surface area contributed by atoms with E-state index in [0.29, 0.717) is 22.6 Å². The zero-order valence-electron chi connectivity index (χ0n) is 10.2. The molecule has 100 valence electrons. The van der Waals surface area contributed by atoms with E-state index in [9.17, 15) is 4.39 Å². The Balaban J connectivity index is 2.04. The second kappa shape index (κ2) is 6.96. The maximum absolute atomic E-state index is 13.0. The van der Waals surface area contributed by atoms with Gasteiger partial charge in [-0.05, 0) is 39.7 Å². The normalized spacial score (nSPS) is 12.2. The summed E-state index contributed by atoms with van der Waals surface area (Å²) < 4.78 is 19.3. The van der Waals surface area contributed by atoms with Crippen molar-refractivity contribution in [1.82, 2.24) is 0 Å². The van der Waals surface area contributed by atoms with Gasteiger partial charge in [0.1, 0.15) is 11.6 Å². The molecule has 2 rings (SSSR count). The highest BCUT2D eigenvalue weighted by molar-refractivity contribution is 9.10. The van der Waals surface area contributed by atoms with Crippen molar-refractivity contribution in [1.29, 1.82) is 0 Å².